The molecular formula is C17H11ClF3NO. The van der Waals surface area contributed by atoms with Crippen molar-refractivity contribution in [1.29, 1.82) is 0 Å². The van der Waals surface area contributed by atoms with Gasteiger partial charge in [0.1, 0.15) is 0 Å². The molecule has 0 spiro atoms. The van der Waals surface area contributed by atoms with E-state index in [1.807, 2.05) is 0 Å². The van der Waals surface area contributed by atoms with Crippen LogP contribution >= 0.6 is 11.6 Å². The third-order valence-electron chi connectivity index (χ3n) is 2.90. The lowest BCUT2D eigenvalue weighted by Crippen LogP contribution is -2.23. The smallest absolute Gasteiger partial charge is 0.341 e. The van der Waals surface area contributed by atoms with Crippen molar-refractivity contribution < 1.29 is 18.0 Å². The standard InChI is InChI=1S/C17H11ClF3NO/c18-14-9-7-13(8-10-14)16(23)22-11-3-5-12-4-1-2-6-15(12)17(19,20)21/h1-2,4,6-10H,11H2,(H,22,23). The molecule has 0 heterocycles. The van der Waals surface area contributed by atoms with Crippen molar-refractivity contribution in [1.82, 2.24) is 5.32 Å². The molecule has 0 aliphatic carbocycles. The van der Waals surface area contributed by atoms with Crippen LogP contribution in [0.25, 0.3) is 0 Å². The number of carbonyl (C=O) groups excluding carboxylic acids is 1. The van der Waals surface area contributed by atoms with Gasteiger partial charge in [0.2, 0.25) is 0 Å². The predicted molar refractivity (Wildman–Crippen MR) is 82.1 cm³/mol. The number of nitrogens with one attached hydrogen (secondary N) is 1. The predicted octanol–water partition coefficient (Wildman–Crippen LogP) is 4.14. The molecule has 2 rings (SSSR count). The molecule has 0 aromatic heterocycles. The van der Waals surface area contributed by atoms with Gasteiger partial charge in [-0.1, -0.05) is 35.6 Å². The molecule has 6 heteroatoms. The zero-order chi connectivity index (χ0) is 16.9. The van der Waals surface area contributed by atoms with E-state index >= 15 is 0 Å². The second kappa shape index (κ2) is 7.21. The van der Waals surface area contributed by atoms with Crippen LogP contribution in [0.4, 0.5) is 13.2 Å². The van der Waals surface area contributed by atoms with E-state index in [2.05, 4.69) is 17.2 Å². The van der Waals surface area contributed by atoms with Gasteiger partial charge >= 0.3 is 6.18 Å². The number of carbonyl (C=O) groups is 1. The highest BCUT2D eigenvalue weighted by atomic mass is 35.5. The first-order valence-corrected chi connectivity index (χ1v) is 6.94. The van der Waals surface area contributed by atoms with Crippen LogP contribution < -0.4 is 5.32 Å². The first kappa shape index (κ1) is 16.9. The fourth-order valence-electron chi connectivity index (χ4n) is 1.81. The van der Waals surface area contributed by atoms with Gasteiger partial charge in [-0.05, 0) is 36.4 Å². The van der Waals surface area contributed by atoms with Crippen molar-refractivity contribution in [2.45, 2.75) is 6.18 Å². The van der Waals surface area contributed by atoms with Crippen LogP contribution in [-0.2, 0) is 6.18 Å². The van der Waals surface area contributed by atoms with Gasteiger partial charge in [-0.15, -0.1) is 0 Å². The molecule has 23 heavy (non-hydrogen) atoms. The third-order valence-corrected chi connectivity index (χ3v) is 3.15. The Hall–Kier alpha value is -2.45. The van der Waals surface area contributed by atoms with Crippen molar-refractivity contribution in [3.63, 3.8) is 0 Å². The molecule has 0 atom stereocenters. The van der Waals surface area contributed by atoms with Gasteiger partial charge in [-0.2, -0.15) is 13.2 Å². The van der Waals surface area contributed by atoms with Gasteiger partial charge in [0.25, 0.3) is 5.91 Å². The molecule has 2 nitrogen and oxygen atoms in total. The van der Waals surface area contributed by atoms with E-state index < -0.39 is 11.7 Å². The lowest BCUT2D eigenvalue weighted by molar-refractivity contribution is -0.137. The second-order valence-corrected chi connectivity index (χ2v) is 4.97. The Morgan fingerprint density at radius 2 is 1.74 bits per heavy atom. The molecule has 2 aromatic carbocycles. The number of hydrogen-bond donors (Lipinski definition) is 1. The number of halogens is 4. The fraction of sp³-hybridized carbons (Fsp3) is 0.118. The summed E-state index contributed by atoms with van der Waals surface area (Å²) >= 11 is 5.72. The van der Waals surface area contributed by atoms with Gasteiger partial charge < -0.3 is 5.32 Å². The van der Waals surface area contributed by atoms with E-state index in [1.54, 1.807) is 24.3 Å². The largest absolute Gasteiger partial charge is 0.417 e. The van der Waals surface area contributed by atoms with E-state index in [9.17, 15) is 18.0 Å². The number of hydrogen-bond acceptors (Lipinski definition) is 1. The van der Waals surface area contributed by atoms with E-state index in [0.717, 1.165) is 6.07 Å². The van der Waals surface area contributed by atoms with Gasteiger partial charge in [0.05, 0.1) is 12.1 Å². The van der Waals surface area contributed by atoms with Crippen LogP contribution in [0.15, 0.2) is 48.5 Å². The van der Waals surface area contributed by atoms with E-state index in [4.69, 9.17) is 11.6 Å². The zero-order valence-corrected chi connectivity index (χ0v) is 12.5. The highest BCUT2D eigenvalue weighted by Gasteiger charge is 2.32. The zero-order valence-electron chi connectivity index (χ0n) is 11.7. The molecule has 0 fully saturated rings. The summed E-state index contributed by atoms with van der Waals surface area (Å²) in [4.78, 5) is 11.8. The van der Waals surface area contributed by atoms with E-state index in [0.29, 0.717) is 10.6 Å². The Labute approximate surface area is 136 Å². The minimum absolute atomic E-state index is 0.0619. The summed E-state index contributed by atoms with van der Waals surface area (Å²) in [6, 6.07) is 11.3. The Morgan fingerprint density at radius 3 is 2.39 bits per heavy atom. The van der Waals surface area contributed by atoms with Crippen molar-refractivity contribution in [2.75, 3.05) is 6.54 Å². The van der Waals surface area contributed by atoms with Gasteiger partial charge in [-0.3, -0.25) is 4.79 Å². The van der Waals surface area contributed by atoms with E-state index in [1.165, 1.54) is 18.2 Å². The maximum absolute atomic E-state index is 12.8. The Morgan fingerprint density at radius 1 is 1.09 bits per heavy atom. The van der Waals surface area contributed by atoms with Crippen LogP contribution in [0.2, 0.25) is 5.02 Å². The summed E-state index contributed by atoms with van der Waals surface area (Å²) in [5.41, 5.74) is -0.524. The maximum Gasteiger partial charge on any atom is 0.417 e. The van der Waals surface area contributed by atoms with Gasteiger partial charge in [0, 0.05) is 16.1 Å². The molecule has 0 bridgehead atoms. The molecule has 118 valence electrons. The molecule has 0 radical (unpaired) electrons. The van der Waals surface area contributed by atoms with Crippen LogP contribution in [0.5, 0.6) is 0 Å². The Kier molecular flexibility index (Phi) is 5.30. The van der Waals surface area contributed by atoms with E-state index in [-0.39, 0.29) is 18.0 Å². The summed E-state index contributed by atoms with van der Waals surface area (Å²) in [6.07, 6.45) is -4.46. The molecule has 0 saturated carbocycles. The summed E-state index contributed by atoms with van der Waals surface area (Å²) in [5.74, 6) is 4.57. The maximum atomic E-state index is 12.8. The average molecular weight is 338 g/mol. The molecule has 1 N–H and O–H groups in total. The van der Waals surface area contributed by atoms with Gasteiger partial charge in [0.15, 0.2) is 0 Å². The van der Waals surface area contributed by atoms with Crippen molar-refractivity contribution in [3.8, 4) is 11.8 Å². The second-order valence-electron chi connectivity index (χ2n) is 4.53. The van der Waals surface area contributed by atoms with Crippen LogP contribution in [0.3, 0.4) is 0 Å². The van der Waals surface area contributed by atoms with Crippen molar-refractivity contribution in [2.24, 2.45) is 0 Å². The average Bonchev–Trinajstić information content (AvgIpc) is 2.51. The van der Waals surface area contributed by atoms with Crippen LogP contribution in [0.1, 0.15) is 21.5 Å². The summed E-state index contributed by atoms with van der Waals surface area (Å²) in [5, 5.41) is 3.01. The summed E-state index contributed by atoms with van der Waals surface area (Å²) < 4.78 is 38.4. The minimum Gasteiger partial charge on any atom is -0.341 e. The molecular weight excluding hydrogens is 327 g/mol. The highest BCUT2D eigenvalue weighted by molar-refractivity contribution is 6.30. The van der Waals surface area contributed by atoms with Crippen molar-refractivity contribution >= 4 is 17.5 Å². The van der Waals surface area contributed by atoms with Crippen molar-refractivity contribution in [3.05, 3.63) is 70.2 Å². The number of alkyl halides is 3. The summed E-state index contributed by atoms with van der Waals surface area (Å²) in [7, 11) is 0. The monoisotopic (exact) mass is 337 g/mol. The quantitative estimate of drug-likeness (QED) is 0.820. The Balaban J connectivity index is 2.02. The normalized spacial score (nSPS) is 10.6. The molecule has 1 amide bonds. The SMILES string of the molecule is O=C(NCC#Cc1ccccc1C(F)(F)F)c1ccc(Cl)cc1. The molecule has 0 unspecified atom stereocenters. The molecule has 0 saturated heterocycles. The fourth-order valence-corrected chi connectivity index (χ4v) is 1.93. The topological polar surface area (TPSA) is 29.1 Å². The molecule has 0 aliphatic rings. The minimum atomic E-state index is -4.46. The van der Waals surface area contributed by atoms with Crippen LogP contribution in [0, 0.1) is 11.8 Å². The first-order chi connectivity index (χ1) is 10.9. The Bertz CT molecular complexity index is 758. The first-order valence-electron chi connectivity index (χ1n) is 6.57. The third kappa shape index (κ3) is 4.76. The number of rotatable bonds is 2. The number of amides is 1. The lowest BCUT2D eigenvalue weighted by Gasteiger charge is -2.08. The van der Waals surface area contributed by atoms with Gasteiger partial charge in [-0.25, -0.2) is 0 Å². The molecule has 2 aromatic rings. The molecule has 0 aliphatic heterocycles. The lowest BCUT2D eigenvalue weighted by atomic mass is 10.1. The number of benzene rings is 2. The highest BCUT2D eigenvalue weighted by Crippen LogP contribution is 2.31. The van der Waals surface area contributed by atoms with Crippen LogP contribution in [-0.4, -0.2) is 12.5 Å². The summed E-state index contributed by atoms with van der Waals surface area (Å²) in [6.45, 7) is -0.0619.